The van der Waals surface area contributed by atoms with Gasteiger partial charge in [0.05, 0.1) is 0 Å². The fourth-order valence-corrected chi connectivity index (χ4v) is 0.935. The third kappa shape index (κ3) is 1.48. The fourth-order valence-electron chi connectivity index (χ4n) is 0.731. The van der Waals surface area contributed by atoms with Crippen molar-refractivity contribution < 1.29 is 0 Å². The van der Waals surface area contributed by atoms with Gasteiger partial charge in [0.15, 0.2) is 5.62 Å². The maximum Gasteiger partial charge on any atom is 0.193 e. The first-order valence-electron chi connectivity index (χ1n) is 3.03. The number of rotatable bonds is 2. The van der Waals surface area contributed by atoms with Gasteiger partial charge < -0.3 is 4.90 Å². The van der Waals surface area contributed by atoms with Crippen LogP contribution < -0.4 is 5.43 Å². The van der Waals surface area contributed by atoms with Crippen molar-refractivity contribution in [3.63, 3.8) is 0 Å². The summed E-state index contributed by atoms with van der Waals surface area (Å²) >= 11 is 5.75. The summed E-state index contributed by atoms with van der Waals surface area (Å²) in [4.78, 5) is 1.95. The molecule has 4 heteroatoms. The van der Waals surface area contributed by atoms with Crippen molar-refractivity contribution in [2.24, 2.45) is 5.10 Å². The summed E-state index contributed by atoms with van der Waals surface area (Å²) in [7, 11) is 0. The second kappa shape index (κ2) is 2.92. The number of hydrogen-bond donors (Lipinski definition) is 1. The normalized spacial score (nSPS) is 24.7. The standard InChI is InChI=1S/C5H10ClN3/c1-2-3-9-4-7-8-5(9)6/h4-5,8H,2-3H2,1H3. The number of alkyl halides is 1. The Kier molecular flexibility index (Phi) is 2.16. The van der Waals surface area contributed by atoms with Crippen molar-refractivity contribution in [3.8, 4) is 0 Å². The van der Waals surface area contributed by atoms with Crippen LogP contribution in [0.4, 0.5) is 0 Å². The molecule has 0 saturated carbocycles. The number of halogens is 1. The Bertz CT molecular complexity index is 115. The van der Waals surface area contributed by atoms with Crippen LogP contribution >= 0.6 is 11.6 Å². The molecule has 0 saturated heterocycles. The van der Waals surface area contributed by atoms with Crippen LogP contribution in [0.1, 0.15) is 13.3 Å². The molecular formula is C5H10ClN3. The van der Waals surface area contributed by atoms with Gasteiger partial charge in [-0.15, -0.1) is 0 Å². The molecule has 0 amide bonds. The molecule has 0 aliphatic carbocycles. The number of nitrogens with zero attached hydrogens (tertiary/aromatic N) is 2. The largest absolute Gasteiger partial charge is 0.327 e. The van der Waals surface area contributed by atoms with Gasteiger partial charge in [-0.05, 0) is 6.42 Å². The smallest absolute Gasteiger partial charge is 0.193 e. The third-order valence-electron chi connectivity index (χ3n) is 1.16. The molecule has 52 valence electrons. The Morgan fingerprint density at radius 2 is 2.67 bits per heavy atom. The summed E-state index contributed by atoms with van der Waals surface area (Å²) < 4.78 is 0. The van der Waals surface area contributed by atoms with E-state index in [9.17, 15) is 0 Å². The highest BCUT2D eigenvalue weighted by Crippen LogP contribution is 2.03. The van der Waals surface area contributed by atoms with Crippen LogP contribution in [0.15, 0.2) is 5.10 Å². The zero-order chi connectivity index (χ0) is 6.69. The lowest BCUT2D eigenvalue weighted by Gasteiger charge is -2.16. The third-order valence-corrected chi connectivity index (χ3v) is 1.51. The first-order chi connectivity index (χ1) is 4.34. The summed E-state index contributed by atoms with van der Waals surface area (Å²) in [6.45, 7) is 3.07. The lowest BCUT2D eigenvalue weighted by molar-refractivity contribution is 0.392. The molecule has 1 aliphatic rings. The van der Waals surface area contributed by atoms with Gasteiger partial charge in [-0.1, -0.05) is 18.5 Å². The second-order valence-corrected chi connectivity index (χ2v) is 2.36. The zero-order valence-electron chi connectivity index (χ0n) is 5.34. The van der Waals surface area contributed by atoms with E-state index >= 15 is 0 Å². The first-order valence-corrected chi connectivity index (χ1v) is 3.46. The number of hydrogen-bond acceptors (Lipinski definition) is 3. The molecule has 1 heterocycles. The monoisotopic (exact) mass is 147 g/mol. The van der Waals surface area contributed by atoms with Crippen molar-refractivity contribution in [1.82, 2.24) is 10.3 Å². The molecule has 3 nitrogen and oxygen atoms in total. The Morgan fingerprint density at radius 3 is 3.11 bits per heavy atom. The summed E-state index contributed by atoms with van der Waals surface area (Å²) in [6, 6.07) is 0. The lowest BCUT2D eigenvalue weighted by Crippen LogP contribution is -2.32. The maximum absolute atomic E-state index is 5.75. The van der Waals surface area contributed by atoms with E-state index in [0.29, 0.717) is 0 Å². The molecule has 0 aromatic carbocycles. The number of nitrogens with one attached hydrogen (secondary N) is 1. The molecule has 0 aromatic heterocycles. The van der Waals surface area contributed by atoms with Crippen LogP contribution in [0.3, 0.4) is 0 Å². The lowest BCUT2D eigenvalue weighted by atomic mass is 10.4. The van der Waals surface area contributed by atoms with Gasteiger partial charge in [-0.25, -0.2) is 0 Å². The molecule has 0 radical (unpaired) electrons. The van der Waals surface area contributed by atoms with E-state index in [4.69, 9.17) is 11.6 Å². The first kappa shape index (κ1) is 6.68. The Labute approximate surface area is 59.7 Å². The van der Waals surface area contributed by atoms with Gasteiger partial charge in [0.2, 0.25) is 0 Å². The average molecular weight is 148 g/mol. The van der Waals surface area contributed by atoms with E-state index in [1.807, 2.05) is 4.90 Å². The van der Waals surface area contributed by atoms with Gasteiger partial charge in [0, 0.05) is 6.54 Å². The van der Waals surface area contributed by atoms with Crippen molar-refractivity contribution in [2.45, 2.75) is 19.0 Å². The molecule has 0 spiro atoms. The fraction of sp³-hybridized carbons (Fsp3) is 0.800. The van der Waals surface area contributed by atoms with Crippen LogP contribution in [0, 0.1) is 0 Å². The maximum atomic E-state index is 5.75. The van der Waals surface area contributed by atoms with Gasteiger partial charge in [0.1, 0.15) is 6.34 Å². The van der Waals surface area contributed by atoms with E-state index in [2.05, 4.69) is 17.5 Å². The predicted octanol–water partition coefficient (Wildman–Crippen LogP) is 0.767. The zero-order valence-corrected chi connectivity index (χ0v) is 6.10. The molecule has 0 aromatic rings. The highest BCUT2D eigenvalue weighted by Gasteiger charge is 2.14. The molecule has 1 rings (SSSR count). The molecule has 0 bridgehead atoms. The minimum Gasteiger partial charge on any atom is -0.327 e. The van der Waals surface area contributed by atoms with Crippen LogP contribution in [-0.4, -0.2) is 23.4 Å². The summed E-state index contributed by atoms with van der Waals surface area (Å²) in [6.07, 6.45) is 2.82. The predicted molar refractivity (Wildman–Crippen MR) is 38.3 cm³/mol. The van der Waals surface area contributed by atoms with E-state index in [1.165, 1.54) is 0 Å². The molecule has 1 atom stereocenters. The molecular weight excluding hydrogens is 138 g/mol. The molecule has 1 unspecified atom stereocenters. The summed E-state index contributed by atoms with van der Waals surface area (Å²) in [5.74, 6) is 0. The number of hydrazone groups is 1. The van der Waals surface area contributed by atoms with Crippen LogP contribution in [0.5, 0.6) is 0 Å². The summed E-state index contributed by atoms with van der Waals surface area (Å²) in [5.41, 5.74) is 2.58. The van der Waals surface area contributed by atoms with Crippen molar-refractivity contribution in [3.05, 3.63) is 0 Å². The quantitative estimate of drug-likeness (QED) is 0.462. The van der Waals surface area contributed by atoms with Crippen LogP contribution in [-0.2, 0) is 0 Å². The highest BCUT2D eigenvalue weighted by molar-refractivity contribution is 6.20. The minimum atomic E-state index is -0.134. The summed E-state index contributed by atoms with van der Waals surface area (Å²) in [5, 5.41) is 3.78. The van der Waals surface area contributed by atoms with Gasteiger partial charge in [-0.2, -0.15) is 5.10 Å². The Hall–Kier alpha value is -0.440. The van der Waals surface area contributed by atoms with E-state index in [0.717, 1.165) is 13.0 Å². The topological polar surface area (TPSA) is 27.6 Å². The highest BCUT2D eigenvalue weighted by atomic mass is 35.5. The van der Waals surface area contributed by atoms with Crippen LogP contribution in [0.2, 0.25) is 0 Å². The SMILES string of the molecule is CCCN1C=NNC1Cl. The molecule has 9 heavy (non-hydrogen) atoms. The Morgan fingerprint density at radius 1 is 1.89 bits per heavy atom. The van der Waals surface area contributed by atoms with Gasteiger partial charge in [0.25, 0.3) is 0 Å². The van der Waals surface area contributed by atoms with E-state index in [-0.39, 0.29) is 5.62 Å². The van der Waals surface area contributed by atoms with Gasteiger partial charge in [-0.3, -0.25) is 5.43 Å². The molecule has 1 aliphatic heterocycles. The second-order valence-electron chi connectivity index (χ2n) is 1.95. The van der Waals surface area contributed by atoms with Crippen LogP contribution in [0.25, 0.3) is 0 Å². The van der Waals surface area contributed by atoms with Crippen molar-refractivity contribution >= 4 is 17.9 Å². The van der Waals surface area contributed by atoms with E-state index < -0.39 is 0 Å². The minimum absolute atomic E-state index is 0.134. The van der Waals surface area contributed by atoms with Crippen molar-refractivity contribution in [2.75, 3.05) is 6.54 Å². The van der Waals surface area contributed by atoms with Crippen molar-refractivity contribution in [1.29, 1.82) is 0 Å². The Balaban J connectivity index is 2.31. The molecule has 1 N–H and O–H groups in total. The van der Waals surface area contributed by atoms with Gasteiger partial charge >= 0.3 is 0 Å². The molecule has 0 fully saturated rings. The average Bonchev–Trinajstić information content (AvgIpc) is 2.18. The van der Waals surface area contributed by atoms with E-state index in [1.54, 1.807) is 6.34 Å².